The second kappa shape index (κ2) is 5.30. The van der Waals surface area contributed by atoms with E-state index in [-0.39, 0.29) is 0 Å². The summed E-state index contributed by atoms with van der Waals surface area (Å²) in [5.41, 5.74) is 1.41. The van der Waals surface area contributed by atoms with Gasteiger partial charge in [-0.2, -0.15) is 5.10 Å². The summed E-state index contributed by atoms with van der Waals surface area (Å²) < 4.78 is 8.81. The molecular formula is C11H17IN2O. The first-order chi connectivity index (χ1) is 7.31. The van der Waals surface area contributed by atoms with Gasteiger partial charge >= 0.3 is 0 Å². The summed E-state index contributed by atoms with van der Waals surface area (Å²) in [6, 6.07) is 0. The molecule has 2 rings (SSSR count). The molecule has 0 unspecified atom stereocenters. The Kier molecular flexibility index (Phi) is 4.02. The predicted octanol–water partition coefficient (Wildman–Crippen LogP) is 2.48. The van der Waals surface area contributed by atoms with Crippen molar-refractivity contribution >= 4 is 22.6 Å². The zero-order valence-corrected chi connectivity index (χ0v) is 11.2. The van der Waals surface area contributed by atoms with Crippen LogP contribution in [-0.4, -0.2) is 23.0 Å². The topological polar surface area (TPSA) is 27.1 Å². The summed E-state index contributed by atoms with van der Waals surface area (Å²) in [6.45, 7) is 4.99. The first kappa shape index (κ1) is 11.4. The Morgan fingerprint density at radius 2 is 2.27 bits per heavy atom. The lowest BCUT2D eigenvalue weighted by Crippen LogP contribution is -2.19. The standard InChI is InChI=1S/C11H17IN2O/c1-2-14-11(10(12)8-13-14)7-9-3-5-15-6-4-9/h8-9H,2-7H2,1H3. The average Bonchev–Trinajstić information content (AvgIpc) is 2.62. The zero-order chi connectivity index (χ0) is 10.7. The smallest absolute Gasteiger partial charge is 0.0626 e. The van der Waals surface area contributed by atoms with Crippen molar-refractivity contribution < 1.29 is 4.74 Å². The lowest BCUT2D eigenvalue weighted by Gasteiger charge is -2.22. The molecule has 0 radical (unpaired) electrons. The fourth-order valence-corrected chi connectivity index (χ4v) is 2.71. The number of aryl methyl sites for hydroxylation is 1. The fraction of sp³-hybridized carbons (Fsp3) is 0.727. The third kappa shape index (κ3) is 2.72. The van der Waals surface area contributed by atoms with Crippen LogP contribution >= 0.6 is 22.6 Å². The van der Waals surface area contributed by atoms with Crippen molar-refractivity contribution in [3.8, 4) is 0 Å². The van der Waals surface area contributed by atoms with Crippen LogP contribution in [0.3, 0.4) is 0 Å². The van der Waals surface area contributed by atoms with Crippen LogP contribution < -0.4 is 0 Å². The highest BCUT2D eigenvalue weighted by Gasteiger charge is 2.18. The van der Waals surface area contributed by atoms with Crippen molar-refractivity contribution in [3.05, 3.63) is 15.5 Å². The summed E-state index contributed by atoms with van der Waals surface area (Å²) in [7, 11) is 0. The summed E-state index contributed by atoms with van der Waals surface area (Å²) in [5, 5.41) is 4.38. The van der Waals surface area contributed by atoms with E-state index in [0.29, 0.717) is 0 Å². The largest absolute Gasteiger partial charge is 0.381 e. The van der Waals surface area contributed by atoms with Gasteiger partial charge in [0.05, 0.1) is 15.5 Å². The highest BCUT2D eigenvalue weighted by atomic mass is 127. The van der Waals surface area contributed by atoms with Gasteiger partial charge in [-0.15, -0.1) is 0 Å². The molecule has 0 atom stereocenters. The number of aromatic nitrogens is 2. The van der Waals surface area contributed by atoms with Gasteiger partial charge in [-0.05, 0) is 54.7 Å². The van der Waals surface area contributed by atoms with Crippen molar-refractivity contribution in [2.75, 3.05) is 13.2 Å². The lowest BCUT2D eigenvalue weighted by atomic mass is 9.95. The van der Waals surface area contributed by atoms with Crippen molar-refractivity contribution in [2.45, 2.75) is 32.7 Å². The van der Waals surface area contributed by atoms with E-state index in [2.05, 4.69) is 39.3 Å². The normalized spacial score (nSPS) is 18.3. The maximum absolute atomic E-state index is 5.38. The molecule has 2 heterocycles. The molecule has 0 spiro atoms. The maximum atomic E-state index is 5.38. The minimum atomic E-state index is 0.786. The molecular weight excluding hydrogens is 303 g/mol. The summed E-state index contributed by atoms with van der Waals surface area (Å²) in [6.07, 6.45) is 5.53. The molecule has 0 bridgehead atoms. The predicted molar refractivity (Wildman–Crippen MR) is 67.9 cm³/mol. The van der Waals surface area contributed by atoms with Crippen molar-refractivity contribution in [3.63, 3.8) is 0 Å². The van der Waals surface area contributed by atoms with Crippen LogP contribution in [0.4, 0.5) is 0 Å². The monoisotopic (exact) mass is 320 g/mol. The van der Waals surface area contributed by atoms with Gasteiger partial charge in [0.15, 0.2) is 0 Å². The van der Waals surface area contributed by atoms with Crippen LogP contribution in [0.25, 0.3) is 0 Å². The summed E-state index contributed by atoms with van der Waals surface area (Å²) >= 11 is 2.39. The number of nitrogens with zero attached hydrogens (tertiary/aromatic N) is 2. The third-order valence-corrected chi connectivity index (χ3v) is 3.92. The summed E-state index contributed by atoms with van der Waals surface area (Å²) in [5.74, 6) is 0.786. The van der Waals surface area contributed by atoms with Crippen LogP contribution in [-0.2, 0) is 17.7 Å². The van der Waals surface area contributed by atoms with Crippen molar-refractivity contribution in [2.24, 2.45) is 5.92 Å². The first-order valence-corrected chi connectivity index (χ1v) is 6.67. The quantitative estimate of drug-likeness (QED) is 0.800. The Bertz CT molecular complexity index is 318. The molecule has 0 aliphatic carbocycles. The molecule has 1 saturated heterocycles. The Morgan fingerprint density at radius 3 is 2.93 bits per heavy atom. The van der Waals surface area contributed by atoms with Crippen LogP contribution in [0.15, 0.2) is 6.20 Å². The van der Waals surface area contributed by atoms with E-state index in [9.17, 15) is 0 Å². The molecule has 1 aromatic rings. The molecule has 1 aliphatic rings. The van der Waals surface area contributed by atoms with Gasteiger partial charge in [0.2, 0.25) is 0 Å². The van der Waals surface area contributed by atoms with Gasteiger partial charge in [-0.25, -0.2) is 0 Å². The zero-order valence-electron chi connectivity index (χ0n) is 9.08. The molecule has 0 saturated carbocycles. The van der Waals surface area contributed by atoms with E-state index in [1.165, 1.54) is 22.1 Å². The molecule has 1 fully saturated rings. The van der Waals surface area contributed by atoms with Gasteiger partial charge in [-0.3, -0.25) is 4.68 Å². The Balaban J connectivity index is 2.04. The second-order valence-corrected chi connectivity index (χ2v) is 5.18. The number of halogens is 1. The third-order valence-electron chi connectivity index (χ3n) is 3.02. The number of ether oxygens (including phenoxy) is 1. The molecule has 3 nitrogen and oxygen atoms in total. The number of hydrogen-bond acceptors (Lipinski definition) is 2. The molecule has 1 aromatic heterocycles. The molecule has 15 heavy (non-hydrogen) atoms. The number of hydrogen-bond donors (Lipinski definition) is 0. The van der Waals surface area contributed by atoms with E-state index >= 15 is 0 Å². The SMILES string of the molecule is CCn1ncc(I)c1CC1CCOCC1. The fourth-order valence-electron chi connectivity index (χ4n) is 2.09. The summed E-state index contributed by atoms with van der Waals surface area (Å²) in [4.78, 5) is 0. The Hall–Kier alpha value is -0.100. The number of rotatable bonds is 3. The molecule has 84 valence electrons. The molecule has 1 aliphatic heterocycles. The van der Waals surface area contributed by atoms with E-state index in [1.54, 1.807) is 0 Å². The molecule has 0 N–H and O–H groups in total. The highest BCUT2D eigenvalue weighted by molar-refractivity contribution is 14.1. The van der Waals surface area contributed by atoms with E-state index < -0.39 is 0 Å². The molecule has 0 aromatic carbocycles. The first-order valence-electron chi connectivity index (χ1n) is 5.59. The van der Waals surface area contributed by atoms with E-state index in [1.807, 2.05) is 6.20 Å². The molecule has 0 amide bonds. The Labute approximate surface area is 104 Å². The van der Waals surface area contributed by atoms with Crippen molar-refractivity contribution in [1.82, 2.24) is 9.78 Å². The van der Waals surface area contributed by atoms with Crippen LogP contribution in [0.2, 0.25) is 0 Å². The second-order valence-electron chi connectivity index (χ2n) is 4.01. The van der Waals surface area contributed by atoms with Crippen molar-refractivity contribution in [1.29, 1.82) is 0 Å². The van der Waals surface area contributed by atoms with Crippen LogP contribution in [0.5, 0.6) is 0 Å². The van der Waals surface area contributed by atoms with Gasteiger partial charge < -0.3 is 4.74 Å². The maximum Gasteiger partial charge on any atom is 0.0626 e. The van der Waals surface area contributed by atoms with Gasteiger partial charge in [0.25, 0.3) is 0 Å². The minimum Gasteiger partial charge on any atom is -0.381 e. The van der Waals surface area contributed by atoms with Gasteiger partial charge in [0, 0.05) is 19.8 Å². The molecule has 4 heteroatoms. The average molecular weight is 320 g/mol. The van der Waals surface area contributed by atoms with E-state index in [4.69, 9.17) is 4.74 Å². The van der Waals surface area contributed by atoms with E-state index in [0.717, 1.165) is 32.1 Å². The lowest BCUT2D eigenvalue weighted by molar-refractivity contribution is 0.0659. The minimum absolute atomic E-state index is 0.786. The highest BCUT2D eigenvalue weighted by Crippen LogP contribution is 2.22. The van der Waals surface area contributed by atoms with Crippen LogP contribution in [0, 0.1) is 9.49 Å². The van der Waals surface area contributed by atoms with Gasteiger partial charge in [0.1, 0.15) is 0 Å². The Morgan fingerprint density at radius 1 is 1.53 bits per heavy atom. The van der Waals surface area contributed by atoms with Crippen LogP contribution in [0.1, 0.15) is 25.5 Å². The van der Waals surface area contributed by atoms with Gasteiger partial charge in [-0.1, -0.05) is 0 Å².